The monoisotopic (exact) mass is 229 g/mol. The number of nitrogens with two attached hydrogens (primary N) is 1. The number of hydrogen-bond donors (Lipinski definition) is 2. The first-order valence-corrected chi connectivity index (χ1v) is 6.06. The van der Waals surface area contributed by atoms with E-state index >= 15 is 0 Å². The Balaban J connectivity index is 2.65. The van der Waals surface area contributed by atoms with E-state index in [0.29, 0.717) is 5.92 Å². The number of rotatable bonds is 3. The average Bonchev–Trinajstić information content (AvgIpc) is 2.36. The van der Waals surface area contributed by atoms with Crippen molar-refractivity contribution in [2.45, 2.75) is 33.1 Å². The number of aryl methyl sites for hydroxylation is 1. The zero-order valence-electron chi connectivity index (χ0n) is 10.6. The molecule has 0 spiro atoms. The van der Waals surface area contributed by atoms with Gasteiger partial charge in [0.2, 0.25) is 0 Å². The summed E-state index contributed by atoms with van der Waals surface area (Å²) in [6.45, 7) is 6.45. The molecule has 0 saturated carbocycles. The second-order valence-electron chi connectivity index (χ2n) is 4.61. The van der Waals surface area contributed by atoms with E-state index in [1.807, 2.05) is 0 Å². The number of hydrazine groups is 1. The number of hydrogen-bond acceptors (Lipinski definition) is 3. The van der Waals surface area contributed by atoms with E-state index < -0.39 is 0 Å². The number of benzene rings is 1. The summed E-state index contributed by atoms with van der Waals surface area (Å²) in [4.78, 5) is 4.55. The van der Waals surface area contributed by atoms with E-state index in [-0.39, 0.29) is 0 Å². The normalized spacial score (nSPS) is 11.1. The van der Waals surface area contributed by atoms with Gasteiger partial charge in [0.05, 0.1) is 5.52 Å². The first-order chi connectivity index (χ1) is 8.15. The Bertz CT molecular complexity index is 532. The zero-order valence-corrected chi connectivity index (χ0v) is 10.6. The molecule has 2 aromatic rings. The molecule has 0 saturated heterocycles. The van der Waals surface area contributed by atoms with Gasteiger partial charge in [0, 0.05) is 5.39 Å². The Morgan fingerprint density at radius 1 is 1.29 bits per heavy atom. The molecule has 2 rings (SSSR count). The minimum Gasteiger partial charge on any atom is -0.308 e. The Labute approximate surface area is 102 Å². The van der Waals surface area contributed by atoms with Gasteiger partial charge in [0.25, 0.3) is 0 Å². The Morgan fingerprint density at radius 3 is 2.65 bits per heavy atom. The van der Waals surface area contributed by atoms with E-state index in [1.54, 1.807) is 0 Å². The average molecular weight is 229 g/mol. The number of pyridine rings is 1. The molecular formula is C14H19N3. The molecule has 1 heterocycles. The van der Waals surface area contributed by atoms with Crippen molar-refractivity contribution in [2.75, 3.05) is 5.43 Å². The van der Waals surface area contributed by atoms with Crippen molar-refractivity contribution >= 4 is 16.7 Å². The van der Waals surface area contributed by atoms with Crippen LogP contribution in [0.25, 0.3) is 10.9 Å². The maximum absolute atomic E-state index is 5.52. The SMILES string of the molecule is CCc1ccc2nc(NN)c(C(C)C)cc2c1. The molecule has 3 N–H and O–H groups in total. The van der Waals surface area contributed by atoms with Crippen LogP contribution in [0.1, 0.15) is 37.8 Å². The van der Waals surface area contributed by atoms with E-state index in [1.165, 1.54) is 10.9 Å². The highest BCUT2D eigenvalue weighted by atomic mass is 15.2. The van der Waals surface area contributed by atoms with E-state index in [2.05, 4.69) is 55.4 Å². The first-order valence-electron chi connectivity index (χ1n) is 6.06. The summed E-state index contributed by atoms with van der Waals surface area (Å²) in [5.41, 5.74) is 6.17. The lowest BCUT2D eigenvalue weighted by Gasteiger charge is -2.13. The molecule has 0 aliphatic heterocycles. The Kier molecular flexibility index (Phi) is 3.29. The van der Waals surface area contributed by atoms with Crippen LogP contribution < -0.4 is 11.3 Å². The van der Waals surface area contributed by atoms with Crippen LogP contribution in [0.4, 0.5) is 5.82 Å². The zero-order chi connectivity index (χ0) is 12.4. The number of nitrogens with one attached hydrogen (secondary N) is 1. The third kappa shape index (κ3) is 2.24. The second kappa shape index (κ2) is 4.72. The number of fused-ring (bicyclic) bond motifs is 1. The van der Waals surface area contributed by atoms with Crippen LogP contribution >= 0.6 is 0 Å². The van der Waals surface area contributed by atoms with E-state index in [0.717, 1.165) is 23.3 Å². The number of anilines is 1. The third-order valence-electron chi connectivity index (χ3n) is 3.08. The van der Waals surface area contributed by atoms with Gasteiger partial charge < -0.3 is 5.43 Å². The molecule has 90 valence electrons. The third-order valence-corrected chi connectivity index (χ3v) is 3.08. The van der Waals surface area contributed by atoms with Crippen molar-refractivity contribution in [2.24, 2.45) is 5.84 Å². The molecular weight excluding hydrogens is 210 g/mol. The summed E-state index contributed by atoms with van der Waals surface area (Å²) in [7, 11) is 0. The van der Waals surface area contributed by atoms with Gasteiger partial charge in [0.15, 0.2) is 0 Å². The molecule has 0 bridgehead atoms. The summed E-state index contributed by atoms with van der Waals surface area (Å²) in [6, 6.07) is 8.56. The number of nitrogen functional groups attached to an aromatic ring is 1. The fraction of sp³-hybridized carbons (Fsp3) is 0.357. The second-order valence-corrected chi connectivity index (χ2v) is 4.61. The van der Waals surface area contributed by atoms with Crippen LogP contribution in [0.2, 0.25) is 0 Å². The topological polar surface area (TPSA) is 50.9 Å². The van der Waals surface area contributed by atoms with Crippen molar-refractivity contribution in [3.05, 3.63) is 35.4 Å². The quantitative estimate of drug-likeness (QED) is 0.627. The Morgan fingerprint density at radius 2 is 2.06 bits per heavy atom. The lowest BCUT2D eigenvalue weighted by atomic mass is 10.0. The summed E-state index contributed by atoms with van der Waals surface area (Å²) < 4.78 is 0. The van der Waals surface area contributed by atoms with Gasteiger partial charge in [-0.15, -0.1) is 0 Å². The standard InChI is InChI=1S/C14H19N3/c1-4-10-5-6-13-11(7-10)8-12(9(2)3)14(16-13)17-15/h5-9H,4,15H2,1-3H3,(H,16,17). The van der Waals surface area contributed by atoms with Gasteiger partial charge in [-0.2, -0.15) is 0 Å². The Hall–Kier alpha value is -1.61. The van der Waals surface area contributed by atoms with E-state index in [4.69, 9.17) is 5.84 Å². The lowest BCUT2D eigenvalue weighted by molar-refractivity contribution is 0.862. The molecule has 3 nitrogen and oxygen atoms in total. The van der Waals surface area contributed by atoms with Gasteiger partial charge in [-0.25, -0.2) is 10.8 Å². The highest BCUT2D eigenvalue weighted by Crippen LogP contribution is 2.26. The maximum Gasteiger partial charge on any atom is 0.144 e. The van der Waals surface area contributed by atoms with Gasteiger partial charge in [-0.1, -0.05) is 26.8 Å². The van der Waals surface area contributed by atoms with Crippen molar-refractivity contribution in [3.8, 4) is 0 Å². The number of nitrogens with zero attached hydrogens (tertiary/aromatic N) is 1. The van der Waals surface area contributed by atoms with Crippen LogP contribution in [0.5, 0.6) is 0 Å². The number of aromatic nitrogens is 1. The molecule has 0 unspecified atom stereocenters. The molecule has 1 aromatic heterocycles. The fourth-order valence-electron chi connectivity index (χ4n) is 2.02. The minimum absolute atomic E-state index is 0.406. The molecule has 0 radical (unpaired) electrons. The van der Waals surface area contributed by atoms with Crippen LogP contribution in [-0.4, -0.2) is 4.98 Å². The van der Waals surface area contributed by atoms with Crippen LogP contribution in [-0.2, 0) is 6.42 Å². The van der Waals surface area contributed by atoms with Crippen LogP contribution in [0.15, 0.2) is 24.3 Å². The molecule has 17 heavy (non-hydrogen) atoms. The van der Waals surface area contributed by atoms with E-state index in [9.17, 15) is 0 Å². The van der Waals surface area contributed by atoms with Gasteiger partial charge in [-0.05, 0) is 41.7 Å². The molecule has 0 aliphatic carbocycles. The van der Waals surface area contributed by atoms with Crippen molar-refractivity contribution in [3.63, 3.8) is 0 Å². The minimum atomic E-state index is 0.406. The molecule has 0 aliphatic rings. The highest BCUT2D eigenvalue weighted by molar-refractivity contribution is 5.82. The molecule has 0 fully saturated rings. The summed E-state index contributed by atoms with van der Waals surface area (Å²) >= 11 is 0. The van der Waals surface area contributed by atoms with Crippen molar-refractivity contribution in [1.82, 2.24) is 4.98 Å². The first kappa shape index (κ1) is 11.9. The van der Waals surface area contributed by atoms with Crippen molar-refractivity contribution in [1.29, 1.82) is 0 Å². The lowest BCUT2D eigenvalue weighted by Crippen LogP contribution is -2.12. The maximum atomic E-state index is 5.52. The summed E-state index contributed by atoms with van der Waals surface area (Å²) in [6.07, 6.45) is 1.05. The molecule has 0 atom stereocenters. The molecule has 0 amide bonds. The van der Waals surface area contributed by atoms with Crippen LogP contribution in [0, 0.1) is 0 Å². The largest absolute Gasteiger partial charge is 0.308 e. The molecule has 1 aromatic carbocycles. The highest BCUT2D eigenvalue weighted by Gasteiger charge is 2.09. The van der Waals surface area contributed by atoms with Crippen molar-refractivity contribution < 1.29 is 0 Å². The predicted molar refractivity (Wildman–Crippen MR) is 73.0 cm³/mol. The molecule has 3 heteroatoms. The van der Waals surface area contributed by atoms with Gasteiger partial charge in [-0.3, -0.25) is 0 Å². The van der Waals surface area contributed by atoms with Gasteiger partial charge >= 0.3 is 0 Å². The summed E-state index contributed by atoms with van der Waals surface area (Å²) in [5.74, 6) is 6.70. The predicted octanol–water partition coefficient (Wildman–Crippen LogP) is 3.21. The fourth-order valence-corrected chi connectivity index (χ4v) is 2.02. The smallest absolute Gasteiger partial charge is 0.144 e. The van der Waals surface area contributed by atoms with Crippen LogP contribution in [0.3, 0.4) is 0 Å². The summed E-state index contributed by atoms with van der Waals surface area (Å²) in [5, 5.41) is 1.19. The van der Waals surface area contributed by atoms with Gasteiger partial charge in [0.1, 0.15) is 5.82 Å².